The van der Waals surface area contributed by atoms with E-state index in [0.29, 0.717) is 20.7 Å². The Bertz CT molecular complexity index is 1090. The van der Waals surface area contributed by atoms with Crippen molar-refractivity contribution in [1.82, 2.24) is 10.3 Å². The molecule has 1 fully saturated rings. The van der Waals surface area contributed by atoms with Gasteiger partial charge in [-0.05, 0) is 71.1 Å². The van der Waals surface area contributed by atoms with E-state index in [2.05, 4.69) is 15.6 Å². The Hall–Kier alpha value is -2.01. The summed E-state index contributed by atoms with van der Waals surface area (Å²) in [4.78, 5) is 31.3. The summed E-state index contributed by atoms with van der Waals surface area (Å²) >= 11 is 7.43. The van der Waals surface area contributed by atoms with Crippen molar-refractivity contribution >= 4 is 50.9 Å². The zero-order valence-electron chi connectivity index (χ0n) is 20.6. The van der Waals surface area contributed by atoms with E-state index in [-0.39, 0.29) is 12.7 Å². The first kappa shape index (κ1) is 27.6. The van der Waals surface area contributed by atoms with Crippen molar-refractivity contribution < 1.29 is 23.3 Å². The van der Waals surface area contributed by atoms with E-state index in [4.69, 9.17) is 21.1 Å². The Balaban J connectivity index is 1.70. The molecule has 1 saturated carbocycles. The minimum atomic E-state index is -1.24. The molecule has 0 aliphatic heterocycles. The fourth-order valence-corrected chi connectivity index (χ4v) is 5.67. The van der Waals surface area contributed by atoms with Gasteiger partial charge in [-0.15, -0.1) is 0 Å². The number of rotatable bonds is 8. The van der Waals surface area contributed by atoms with Gasteiger partial charge in [0, 0.05) is 6.26 Å². The lowest BCUT2D eigenvalue weighted by Gasteiger charge is -2.25. The average molecular weight is 542 g/mol. The molecular weight excluding hydrogens is 510 g/mol. The van der Waals surface area contributed by atoms with Crippen LogP contribution in [-0.4, -0.2) is 51.8 Å². The minimum absolute atomic E-state index is 0.00761. The summed E-state index contributed by atoms with van der Waals surface area (Å²) in [6.45, 7) is 7.45. The molecule has 1 heterocycles. The Morgan fingerprint density at radius 3 is 2.60 bits per heavy atom. The van der Waals surface area contributed by atoms with Crippen LogP contribution < -0.4 is 10.6 Å². The standard InChI is InChI=1S/C24H32ClN3O5S2/c1-14-20(15-10-11-17(25)19(12-15)35(5)31)34-23(26-14)28-22(30)27-18(13-32-24(2,3)4)21(29)33-16-8-6-7-9-16/h10-12,16,18H,6-9,13H2,1-5H3,(H2,26,27,28,30). The van der Waals surface area contributed by atoms with Crippen LogP contribution in [0.3, 0.4) is 0 Å². The molecule has 2 aromatic rings. The Labute approximate surface area is 217 Å². The predicted molar refractivity (Wildman–Crippen MR) is 140 cm³/mol. The Morgan fingerprint density at radius 1 is 1.29 bits per heavy atom. The molecule has 1 aromatic carbocycles. The first-order valence-electron chi connectivity index (χ1n) is 11.5. The summed E-state index contributed by atoms with van der Waals surface area (Å²) in [6.07, 6.45) is 5.19. The van der Waals surface area contributed by atoms with E-state index in [1.54, 1.807) is 18.4 Å². The van der Waals surface area contributed by atoms with Crippen molar-refractivity contribution in [3.05, 3.63) is 28.9 Å². The van der Waals surface area contributed by atoms with Gasteiger partial charge in [-0.25, -0.2) is 14.6 Å². The zero-order valence-corrected chi connectivity index (χ0v) is 23.0. The molecule has 8 nitrogen and oxygen atoms in total. The molecule has 0 spiro atoms. The summed E-state index contributed by atoms with van der Waals surface area (Å²) in [5.41, 5.74) is 1.03. The number of hydrogen-bond acceptors (Lipinski definition) is 7. The number of halogens is 1. The third kappa shape index (κ3) is 7.99. The van der Waals surface area contributed by atoms with Crippen LogP contribution in [0.1, 0.15) is 52.1 Å². The second-order valence-electron chi connectivity index (χ2n) is 9.45. The van der Waals surface area contributed by atoms with Crippen LogP contribution in [0.4, 0.5) is 9.93 Å². The van der Waals surface area contributed by atoms with Crippen molar-refractivity contribution in [2.24, 2.45) is 0 Å². The molecule has 2 N–H and O–H groups in total. The van der Waals surface area contributed by atoms with Gasteiger partial charge in [0.1, 0.15) is 6.10 Å². The van der Waals surface area contributed by atoms with Gasteiger partial charge in [-0.3, -0.25) is 9.53 Å². The molecule has 2 unspecified atom stereocenters. The zero-order chi connectivity index (χ0) is 25.8. The van der Waals surface area contributed by atoms with E-state index in [9.17, 15) is 13.8 Å². The molecule has 11 heteroatoms. The monoisotopic (exact) mass is 541 g/mol. The topological polar surface area (TPSA) is 107 Å². The first-order chi connectivity index (χ1) is 16.4. The number of thiazole rings is 1. The van der Waals surface area contributed by atoms with Gasteiger partial charge in [-0.1, -0.05) is 29.0 Å². The van der Waals surface area contributed by atoms with Gasteiger partial charge in [0.05, 0.1) is 43.5 Å². The van der Waals surface area contributed by atoms with E-state index < -0.39 is 34.4 Å². The molecule has 0 saturated heterocycles. The predicted octanol–water partition coefficient (Wildman–Crippen LogP) is 5.30. The number of urea groups is 1. The normalized spacial score (nSPS) is 16.1. The van der Waals surface area contributed by atoms with E-state index in [0.717, 1.165) is 36.1 Å². The fraction of sp³-hybridized carbons (Fsp3) is 0.542. The maximum Gasteiger partial charge on any atom is 0.331 e. The number of carbonyl (C=O) groups excluding carboxylic acids is 2. The number of carbonyl (C=O) groups is 2. The van der Waals surface area contributed by atoms with Gasteiger partial charge in [0.15, 0.2) is 11.2 Å². The van der Waals surface area contributed by atoms with Crippen LogP contribution >= 0.6 is 22.9 Å². The summed E-state index contributed by atoms with van der Waals surface area (Å²) in [6, 6.07) is 3.75. The van der Waals surface area contributed by atoms with E-state index in [1.165, 1.54) is 11.3 Å². The van der Waals surface area contributed by atoms with Gasteiger partial charge >= 0.3 is 12.0 Å². The fourth-order valence-electron chi connectivity index (χ4n) is 3.63. The number of anilines is 1. The largest absolute Gasteiger partial charge is 0.461 e. The molecule has 0 radical (unpaired) electrons. The molecular formula is C24H32ClN3O5S2. The molecule has 1 aromatic heterocycles. The highest BCUT2D eigenvalue weighted by Crippen LogP contribution is 2.35. The number of hydrogen-bond donors (Lipinski definition) is 2. The molecule has 3 rings (SSSR count). The maximum absolute atomic E-state index is 12.8. The Morgan fingerprint density at radius 2 is 1.97 bits per heavy atom. The molecule has 35 heavy (non-hydrogen) atoms. The van der Waals surface area contributed by atoms with E-state index in [1.807, 2.05) is 33.8 Å². The second-order valence-corrected chi connectivity index (χ2v) is 12.2. The molecule has 1 aliphatic rings. The lowest BCUT2D eigenvalue weighted by molar-refractivity contribution is -0.154. The van der Waals surface area contributed by atoms with Crippen molar-refractivity contribution in [2.45, 2.75) is 76.0 Å². The molecule has 192 valence electrons. The van der Waals surface area contributed by atoms with Crippen LogP contribution in [0, 0.1) is 6.92 Å². The quantitative estimate of drug-likeness (QED) is 0.439. The number of nitrogens with one attached hydrogen (secondary N) is 2. The van der Waals surface area contributed by atoms with Crippen molar-refractivity contribution in [1.29, 1.82) is 0 Å². The minimum Gasteiger partial charge on any atom is -0.461 e. The second kappa shape index (κ2) is 11.8. The Kier molecular flexibility index (Phi) is 9.31. The third-order valence-corrected chi connectivity index (χ3v) is 7.90. The van der Waals surface area contributed by atoms with Gasteiger partial charge in [0.2, 0.25) is 0 Å². The van der Waals surface area contributed by atoms with Gasteiger partial charge < -0.3 is 14.8 Å². The number of amides is 2. The maximum atomic E-state index is 12.8. The summed E-state index contributed by atoms with van der Waals surface area (Å²) in [5, 5.41) is 6.17. The number of ether oxygens (including phenoxy) is 2. The highest BCUT2D eigenvalue weighted by atomic mass is 35.5. The van der Waals surface area contributed by atoms with Crippen LogP contribution in [0.25, 0.3) is 10.4 Å². The van der Waals surface area contributed by atoms with Crippen molar-refractivity contribution in [3.8, 4) is 10.4 Å². The van der Waals surface area contributed by atoms with Crippen molar-refractivity contribution in [2.75, 3.05) is 18.2 Å². The number of benzene rings is 1. The van der Waals surface area contributed by atoms with Crippen LogP contribution in [0.5, 0.6) is 0 Å². The number of nitrogens with zero attached hydrogens (tertiary/aromatic N) is 1. The highest BCUT2D eigenvalue weighted by molar-refractivity contribution is 7.84. The third-order valence-electron chi connectivity index (χ3n) is 5.38. The highest BCUT2D eigenvalue weighted by Gasteiger charge is 2.29. The van der Waals surface area contributed by atoms with Crippen LogP contribution in [0.2, 0.25) is 5.02 Å². The average Bonchev–Trinajstić information content (AvgIpc) is 3.40. The summed E-state index contributed by atoms with van der Waals surface area (Å²) in [7, 11) is -1.24. The first-order valence-corrected chi connectivity index (χ1v) is 14.2. The summed E-state index contributed by atoms with van der Waals surface area (Å²) < 4.78 is 23.3. The van der Waals surface area contributed by atoms with Crippen LogP contribution in [-0.2, 0) is 25.1 Å². The smallest absolute Gasteiger partial charge is 0.331 e. The van der Waals surface area contributed by atoms with Gasteiger partial charge in [0.25, 0.3) is 0 Å². The summed E-state index contributed by atoms with van der Waals surface area (Å²) in [5.74, 6) is -0.506. The van der Waals surface area contributed by atoms with E-state index >= 15 is 0 Å². The molecule has 0 bridgehead atoms. The van der Waals surface area contributed by atoms with Crippen molar-refractivity contribution in [3.63, 3.8) is 0 Å². The lowest BCUT2D eigenvalue weighted by Crippen LogP contribution is -2.48. The SMILES string of the molecule is Cc1nc(NC(=O)NC(COC(C)(C)C)C(=O)OC2CCCC2)sc1-c1ccc(Cl)c(S(C)=O)c1. The number of esters is 1. The lowest BCUT2D eigenvalue weighted by atomic mass is 10.2. The van der Waals surface area contributed by atoms with Gasteiger partial charge in [-0.2, -0.15) is 0 Å². The number of aromatic nitrogens is 1. The molecule has 2 atom stereocenters. The molecule has 2 amide bonds. The number of aryl methyl sites for hydroxylation is 1. The van der Waals surface area contributed by atoms with Crippen LogP contribution in [0.15, 0.2) is 23.1 Å². The molecule has 1 aliphatic carbocycles.